The second-order valence-corrected chi connectivity index (χ2v) is 9.65. The fraction of sp³-hybridized carbons (Fsp3) is 0.200. The van der Waals surface area contributed by atoms with E-state index < -0.39 is 24.3 Å². The first kappa shape index (κ1) is 36.7. The van der Waals surface area contributed by atoms with Crippen LogP contribution < -0.4 is 16.0 Å². The number of aromatic nitrogens is 1. The van der Waals surface area contributed by atoms with E-state index in [9.17, 15) is 31.1 Å². The van der Waals surface area contributed by atoms with Crippen LogP contribution >= 0.6 is 0 Å². The number of carboxylic acid groups (broad SMARTS) is 2. The highest BCUT2D eigenvalue weighted by atomic mass is 19.4. The average Bonchev–Trinajstić information content (AvgIpc) is 3.34. The Morgan fingerprint density at radius 1 is 0.848 bits per heavy atom. The number of aliphatic carboxylic acids is 2. The summed E-state index contributed by atoms with van der Waals surface area (Å²) in [5.74, 6) is -5.57. The SMILES string of the molecule is CN(C)c1ccc(CNC(=O)c2cn(Cc3cccc(C(=N)N)c3)c3ccccc23)cc1.O=C(O)C(F)(F)F.O=C(O)C(F)(F)F. The second kappa shape index (κ2) is 15.5. The summed E-state index contributed by atoms with van der Waals surface area (Å²) in [4.78, 5) is 32.9. The Balaban J connectivity index is 0.000000440. The van der Waals surface area contributed by atoms with Crippen LogP contribution in [-0.2, 0) is 22.7 Å². The summed E-state index contributed by atoms with van der Waals surface area (Å²) in [6, 6.07) is 23.7. The molecule has 6 N–H and O–H groups in total. The molecule has 4 rings (SSSR count). The molecule has 0 saturated carbocycles. The number of hydrogen-bond donors (Lipinski definition) is 5. The summed E-state index contributed by atoms with van der Waals surface area (Å²) in [6.45, 7) is 1.05. The smallest absolute Gasteiger partial charge is 0.475 e. The molecule has 0 atom stereocenters. The van der Waals surface area contributed by atoms with E-state index in [-0.39, 0.29) is 11.7 Å². The van der Waals surface area contributed by atoms with Crippen LogP contribution in [0.4, 0.5) is 32.0 Å². The highest BCUT2D eigenvalue weighted by molar-refractivity contribution is 6.07. The predicted octanol–water partition coefficient (Wildman–Crippen LogP) is 5.24. The third kappa shape index (κ3) is 10.9. The zero-order chi connectivity index (χ0) is 34.8. The molecule has 4 aromatic rings. The van der Waals surface area contributed by atoms with Crippen LogP contribution in [0.2, 0.25) is 0 Å². The Kier molecular flexibility index (Phi) is 12.3. The van der Waals surface area contributed by atoms with E-state index in [1.54, 1.807) is 0 Å². The van der Waals surface area contributed by atoms with Gasteiger partial charge in [0.25, 0.3) is 5.91 Å². The lowest BCUT2D eigenvalue weighted by Gasteiger charge is -2.12. The maximum absolute atomic E-state index is 13.0. The molecule has 1 heterocycles. The number of amidine groups is 1. The minimum Gasteiger partial charge on any atom is -0.475 e. The molecule has 16 heteroatoms. The number of anilines is 1. The Bertz CT molecular complexity index is 1660. The Morgan fingerprint density at radius 2 is 1.39 bits per heavy atom. The highest BCUT2D eigenvalue weighted by Gasteiger charge is 2.38. The van der Waals surface area contributed by atoms with Gasteiger partial charge < -0.3 is 30.7 Å². The van der Waals surface area contributed by atoms with Crippen molar-refractivity contribution >= 4 is 40.3 Å². The molecular formula is C30H29F6N5O5. The summed E-state index contributed by atoms with van der Waals surface area (Å²) in [5.41, 5.74) is 11.2. The summed E-state index contributed by atoms with van der Waals surface area (Å²) >= 11 is 0. The van der Waals surface area contributed by atoms with Gasteiger partial charge in [0.2, 0.25) is 0 Å². The Hall–Kier alpha value is -5.54. The van der Waals surface area contributed by atoms with Crippen LogP contribution in [0.15, 0.2) is 79.0 Å². The van der Waals surface area contributed by atoms with Gasteiger partial charge in [0.05, 0.1) is 5.56 Å². The first-order chi connectivity index (χ1) is 21.3. The van der Waals surface area contributed by atoms with Crippen LogP contribution in [0, 0.1) is 5.41 Å². The van der Waals surface area contributed by atoms with Gasteiger partial charge in [-0.2, -0.15) is 26.3 Å². The number of benzene rings is 3. The summed E-state index contributed by atoms with van der Waals surface area (Å²) in [6.07, 6.45) is -8.27. The van der Waals surface area contributed by atoms with Crippen molar-refractivity contribution in [2.45, 2.75) is 25.4 Å². The molecule has 10 nitrogen and oxygen atoms in total. The third-order valence-corrected chi connectivity index (χ3v) is 6.01. The highest BCUT2D eigenvalue weighted by Crippen LogP contribution is 2.23. The van der Waals surface area contributed by atoms with Crippen molar-refractivity contribution in [3.05, 3.63) is 101 Å². The van der Waals surface area contributed by atoms with Gasteiger partial charge in [0.15, 0.2) is 0 Å². The zero-order valence-electron chi connectivity index (χ0n) is 24.3. The first-order valence-electron chi connectivity index (χ1n) is 13.0. The molecule has 0 spiro atoms. The van der Waals surface area contributed by atoms with E-state index >= 15 is 0 Å². The van der Waals surface area contributed by atoms with Crippen LogP contribution in [0.25, 0.3) is 10.9 Å². The number of para-hydroxylation sites is 1. The monoisotopic (exact) mass is 653 g/mol. The fourth-order valence-corrected chi connectivity index (χ4v) is 3.78. The van der Waals surface area contributed by atoms with Gasteiger partial charge in [-0.3, -0.25) is 10.2 Å². The lowest BCUT2D eigenvalue weighted by Crippen LogP contribution is -2.22. The van der Waals surface area contributed by atoms with E-state index in [0.29, 0.717) is 24.2 Å². The first-order valence-corrected chi connectivity index (χ1v) is 13.0. The van der Waals surface area contributed by atoms with Crippen molar-refractivity contribution < 1.29 is 50.9 Å². The van der Waals surface area contributed by atoms with Crippen molar-refractivity contribution in [3.8, 4) is 0 Å². The minimum atomic E-state index is -5.08. The summed E-state index contributed by atoms with van der Waals surface area (Å²) in [7, 11) is 4.01. The number of fused-ring (bicyclic) bond motifs is 1. The number of nitrogen functional groups attached to an aromatic ring is 1. The normalized spacial score (nSPS) is 11.0. The number of carbonyl (C=O) groups excluding carboxylic acids is 1. The molecule has 0 unspecified atom stereocenters. The molecule has 3 aromatic carbocycles. The number of nitrogens with one attached hydrogen (secondary N) is 2. The molecule has 0 aliphatic heterocycles. The molecule has 0 radical (unpaired) electrons. The molecular weight excluding hydrogens is 624 g/mol. The zero-order valence-corrected chi connectivity index (χ0v) is 24.3. The van der Waals surface area contributed by atoms with E-state index in [0.717, 1.165) is 27.7 Å². The van der Waals surface area contributed by atoms with E-state index in [1.165, 1.54) is 0 Å². The van der Waals surface area contributed by atoms with E-state index in [2.05, 4.69) is 9.88 Å². The van der Waals surface area contributed by atoms with Crippen molar-refractivity contribution in [2.75, 3.05) is 19.0 Å². The van der Waals surface area contributed by atoms with Gasteiger partial charge in [-0.15, -0.1) is 0 Å². The molecule has 0 bridgehead atoms. The average molecular weight is 654 g/mol. The van der Waals surface area contributed by atoms with Gasteiger partial charge in [-0.25, -0.2) is 9.59 Å². The Morgan fingerprint density at radius 3 is 1.89 bits per heavy atom. The topological polar surface area (TPSA) is 162 Å². The van der Waals surface area contributed by atoms with Crippen molar-refractivity contribution in [1.82, 2.24) is 9.88 Å². The molecule has 46 heavy (non-hydrogen) atoms. The molecule has 0 aliphatic carbocycles. The third-order valence-electron chi connectivity index (χ3n) is 6.01. The lowest BCUT2D eigenvalue weighted by molar-refractivity contribution is -0.193. The molecule has 0 aliphatic rings. The van der Waals surface area contributed by atoms with Gasteiger partial charge in [0, 0.05) is 55.5 Å². The predicted molar refractivity (Wildman–Crippen MR) is 158 cm³/mol. The van der Waals surface area contributed by atoms with Gasteiger partial charge in [-0.05, 0) is 35.4 Å². The standard InChI is InChI=1S/C26H27N5O.2C2HF3O2/c1-30(2)21-12-10-18(11-13-21)15-29-26(32)23-17-31(24-9-4-3-8-22(23)24)16-19-6-5-7-20(14-19)25(27)28;2*3-2(4,5)1(6)7/h3-14,17H,15-16H2,1-2H3,(H3,27,28)(H,29,32);2*(H,6,7). The largest absolute Gasteiger partial charge is 0.490 e. The summed E-state index contributed by atoms with van der Waals surface area (Å²) in [5, 5.41) is 25.9. The van der Waals surface area contributed by atoms with Gasteiger partial charge in [-0.1, -0.05) is 48.5 Å². The lowest BCUT2D eigenvalue weighted by atomic mass is 10.1. The molecule has 246 valence electrons. The van der Waals surface area contributed by atoms with Crippen LogP contribution in [0.1, 0.15) is 27.0 Å². The van der Waals surface area contributed by atoms with Crippen LogP contribution in [-0.4, -0.2) is 64.9 Å². The van der Waals surface area contributed by atoms with Crippen molar-refractivity contribution in [3.63, 3.8) is 0 Å². The number of halogens is 6. The maximum Gasteiger partial charge on any atom is 0.490 e. The molecule has 0 saturated heterocycles. The number of amides is 1. The number of carbonyl (C=O) groups is 3. The van der Waals surface area contributed by atoms with E-state index in [1.807, 2.05) is 98.0 Å². The number of hydrogen-bond acceptors (Lipinski definition) is 5. The maximum atomic E-state index is 13.0. The quantitative estimate of drug-likeness (QED) is 0.104. The number of nitrogens with two attached hydrogens (primary N) is 1. The molecule has 1 aromatic heterocycles. The second-order valence-electron chi connectivity index (χ2n) is 9.65. The summed E-state index contributed by atoms with van der Waals surface area (Å²) < 4.78 is 65.5. The van der Waals surface area contributed by atoms with Crippen LogP contribution in [0.3, 0.4) is 0 Å². The van der Waals surface area contributed by atoms with E-state index in [4.69, 9.17) is 30.9 Å². The van der Waals surface area contributed by atoms with Crippen molar-refractivity contribution in [1.29, 1.82) is 5.41 Å². The van der Waals surface area contributed by atoms with Crippen LogP contribution in [0.5, 0.6) is 0 Å². The molecule has 0 fully saturated rings. The fourth-order valence-electron chi connectivity index (χ4n) is 3.78. The number of alkyl halides is 6. The van der Waals surface area contributed by atoms with Gasteiger partial charge >= 0.3 is 24.3 Å². The molecule has 1 amide bonds. The number of carboxylic acids is 2. The number of nitrogens with zero attached hydrogens (tertiary/aromatic N) is 2. The van der Waals surface area contributed by atoms with Crippen molar-refractivity contribution in [2.24, 2.45) is 5.73 Å². The number of rotatable bonds is 7. The van der Waals surface area contributed by atoms with Gasteiger partial charge in [0.1, 0.15) is 5.84 Å². The minimum absolute atomic E-state index is 0.0443. The Labute approximate surface area is 258 Å².